The third-order valence-electron chi connectivity index (χ3n) is 5.76. The molecule has 1 spiro atoms. The predicted octanol–water partition coefficient (Wildman–Crippen LogP) is 3.06. The zero-order chi connectivity index (χ0) is 23.4. The number of piperidine rings is 1. The van der Waals surface area contributed by atoms with E-state index in [0.717, 1.165) is 38.2 Å². The molecule has 1 N–H and O–H groups in total. The molecule has 1 aromatic carbocycles. The van der Waals surface area contributed by atoms with E-state index in [9.17, 15) is 18.0 Å². The van der Waals surface area contributed by atoms with E-state index in [1.807, 2.05) is 35.2 Å². The minimum absolute atomic E-state index is 0.0584. The van der Waals surface area contributed by atoms with Gasteiger partial charge in [-0.3, -0.25) is 9.69 Å². The van der Waals surface area contributed by atoms with Crippen LogP contribution in [0.25, 0.3) is 0 Å². The largest absolute Gasteiger partial charge is 0.490 e. The summed E-state index contributed by atoms with van der Waals surface area (Å²) in [5, 5.41) is 7.12. The molecule has 0 bridgehead atoms. The first-order valence-electron chi connectivity index (χ1n) is 10.2. The molecule has 0 aliphatic carbocycles. The number of aliphatic carboxylic acids is 1. The lowest BCUT2D eigenvalue weighted by Gasteiger charge is -2.47. The summed E-state index contributed by atoms with van der Waals surface area (Å²) in [5.41, 5.74) is 2.11. The summed E-state index contributed by atoms with van der Waals surface area (Å²) in [4.78, 5) is 25.6. The molecule has 32 heavy (non-hydrogen) atoms. The van der Waals surface area contributed by atoms with Gasteiger partial charge in [-0.05, 0) is 37.1 Å². The van der Waals surface area contributed by atoms with Crippen molar-refractivity contribution in [3.63, 3.8) is 0 Å². The van der Waals surface area contributed by atoms with E-state index in [1.54, 1.807) is 0 Å². The maximum atomic E-state index is 12.3. The minimum Gasteiger partial charge on any atom is -0.475 e. The van der Waals surface area contributed by atoms with E-state index in [0.29, 0.717) is 6.54 Å². The van der Waals surface area contributed by atoms with Crippen molar-refractivity contribution in [2.75, 3.05) is 31.1 Å². The van der Waals surface area contributed by atoms with Crippen LogP contribution in [-0.4, -0.2) is 64.5 Å². The highest BCUT2D eigenvalue weighted by Gasteiger charge is 2.42. The summed E-state index contributed by atoms with van der Waals surface area (Å²) in [7, 11) is 2.09. The summed E-state index contributed by atoms with van der Waals surface area (Å²) in [6.07, 6.45) is -1.06. The fourth-order valence-electron chi connectivity index (χ4n) is 3.87. The van der Waals surface area contributed by atoms with Gasteiger partial charge in [0.2, 0.25) is 0 Å². The Morgan fingerprint density at radius 3 is 2.28 bits per heavy atom. The van der Waals surface area contributed by atoms with Crippen molar-refractivity contribution < 1.29 is 32.6 Å². The number of morpholine rings is 1. The van der Waals surface area contributed by atoms with Gasteiger partial charge in [0, 0.05) is 44.3 Å². The van der Waals surface area contributed by atoms with Crippen molar-refractivity contribution in [1.29, 1.82) is 0 Å². The monoisotopic (exact) mass is 453 g/mol. The number of carbonyl (C=O) groups is 2. The molecule has 1 aromatic heterocycles. The Bertz CT molecular complexity index is 922. The van der Waals surface area contributed by atoms with Crippen LogP contribution in [0.3, 0.4) is 0 Å². The number of hydrogen-bond donors (Lipinski definition) is 1. The molecule has 2 aliphatic rings. The molecule has 174 valence electrons. The summed E-state index contributed by atoms with van der Waals surface area (Å²) >= 11 is 0. The zero-order valence-corrected chi connectivity index (χ0v) is 17.7. The van der Waals surface area contributed by atoms with E-state index < -0.39 is 12.1 Å². The number of amides is 1. The molecule has 0 radical (unpaired) electrons. The lowest BCUT2D eigenvalue weighted by molar-refractivity contribution is -0.192. The van der Waals surface area contributed by atoms with Crippen LogP contribution in [0.1, 0.15) is 18.5 Å². The standard InChI is InChI=1S/C20H25N3O2.C2HF3O2/c1-21-11-5-8-18(21)14-22-12-9-20(10-13-22)16-23(19(24)15-25-20)17-6-3-2-4-7-17;3-2(4,5)1(6)7/h2-8,11H,9-10,12-16H2,1H3;(H,6,7). The number of carbonyl (C=O) groups excluding carboxylic acids is 1. The van der Waals surface area contributed by atoms with Crippen LogP contribution in [0.4, 0.5) is 18.9 Å². The lowest BCUT2D eigenvalue weighted by Crippen LogP contribution is -2.58. The highest BCUT2D eigenvalue weighted by molar-refractivity contribution is 5.95. The SMILES string of the molecule is Cn1cccc1CN1CCC2(CC1)CN(c1ccccc1)C(=O)CO2.O=C(O)C(F)(F)F. The van der Waals surface area contributed by atoms with Gasteiger partial charge in [-0.1, -0.05) is 18.2 Å². The molecule has 7 nitrogen and oxygen atoms in total. The van der Waals surface area contributed by atoms with Gasteiger partial charge in [-0.2, -0.15) is 13.2 Å². The van der Waals surface area contributed by atoms with Crippen molar-refractivity contribution in [2.45, 2.75) is 31.2 Å². The summed E-state index contributed by atoms with van der Waals surface area (Å²) in [6.45, 7) is 3.82. The van der Waals surface area contributed by atoms with Crippen LogP contribution in [0, 0.1) is 0 Å². The number of alkyl halides is 3. The van der Waals surface area contributed by atoms with Crippen LogP contribution in [0.2, 0.25) is 0 Å². The Morgan fingerprint density at radius 1 is 1.12 bits per heavy atom. The number of benzene rings is 1. The third-order valence-corrected chi connectivity index (χ3v) is 5.76. The molecule has 2 saturated heterocycles. The minimum atomic E-state index is -5.08. The number of anilines is 1. The average molecular weight is 453 g/mol. The molecular weight excluding hydrogens is 427 g/mol. The van der Waals surface area contributed by atoms with Crippen LogP contribution in [0.15, 0.2) is 48.7 Å². The highest BCUT2D eigenvalue weighted by atomic mass is 19.4. The lowest BCUT2D eigenvalue weighted by atomic mass is 9.89. The Hall–Kier alpha value is -2.85. The number of likely N-dealkylation sites (tertiary alicyclic amines) is 1. The Kier molecular flexibility index (Phi) is 7.25. The number of carboxylic acid groups (broad SMARTS) is 1. The number of halogens is 3. The van der Waals surface area contributed by atoms with Gasteiger partial charge in [0.05, 0.1) is 12.1 Å². The number of rotatable bonds is 3. The molecular formula is C22H26F3N3O4. The van der Waals surface area contributed by atoms with E-state index in [-0.39, 0.29) is 18.1 Å². The number of carboxylic acids is 1. The van der Waals surface area contributed by atoms with Gasteiger partial charge in [0.25, 0.3) is 5.91 Å². The van der Waals surface area contributed by atoms with E-state index >= 15 is 0 Å². The summed E-state index contributed by atoms with van der Waals surface area (Å²) < 4.78 is 40.0. The van der Waals surface area contributed by atoms with Crippen molar-refractivity contribution in [1.82, 2.24) is 9.47 Å². The van der Waals surface area contributed by atoms with Crippen molar-refractivity contribution in [2.24, 2.45) is 7.05 Å². The summed E-state index contributed by atoms with van der Waals surface area (Å²) in [5.74, 6) is -2.70. The van der Waals surface area contributed by atoms with Crippen molar-refractivity contribution >= 4 is 17.6 Å². The maximum absolute atomic E-state index is 12.3. The highest BCUT2D eigenvalue weighted by Crippen LogP contribution is 2.33. The molecule has 0 unspecified atom stereocenters. The molecule has 2 fully saturated rings. The van der Waals surface area contributed by atoms with E-state index in [2.05, 4.69) is 34.8 Å². The normalized spacial score (nSPS) is 18.9. The molecule has 2 aromatic rings. The fourth-order valence-corrected chi connectivity index (χ4v) is 3.87. The number of nitrogens with zero attached hydrogens (tertiary/aromatic N) is 3. The average Bonchev–Trinajstić information content (AvgIpc) is 3.16. The number of aromatic nitrogens is 1. The molecule has 0 atom stereocenters. The summed E-state index contributed by atoms with van der Waals surface area (Å²) in [6, 6.07) is 14.2. The Balaban J connectivity index is 0.000000360. The molecule has 0 saturated carbocycles. The Labute approximate surface area is 184 Å². The Morgan fingerprint density at radius 2 is 1.75 bits per heavy atom. The van der Waals surface area contributed by atoms with Crippen LogP contribution >= 0.6 is 0 Å². The number of ether oxygens (including phenoxy) is 1. The van der Waals surface area contributed by atoms with Gasteiger partial charge in [-0.25, -0.2) is 4.79 Å². The smallest absolute Gasteiger partial charge is 0.475 e. The maximum Gasteiger partial charge on any atom is 0.490 e. The molecule has 2 aliphatic heterocycles. The topological polar surface area (TPSA) is 75.0 Å². The quantitative estimate of drug-likeness (QED) is 0.773. The van der Waals surface area contributed by atoms with Crippen LogP contribution in [0.5, 0.6) is 0 Å². The third kappa shape index (κ3) is 5.89. The van der Waals surface area contributed by atoms with Crippen LogP contribution in [-0.2, 0) is 27.9 Å². The number of aryl methyl sites for hydroxylation is 1. The van der Waals surface area contributed by atoms with Gasteiger partial charge in [0.15, 0.2) is 0 Å². The van der Waals surface area contributed by atoms with E-state index in [1.165, 1.54) is 5.69 Å². The molecule has 10 heteroatoms. The second kappa shape index (κ2) is 9.74. The second-order valence-electron chi connectivity index (χ2n) is 7.98. The first-order chi connectivity index (χ1) is 15.1. The zero-order valence-electron chi connectivity index (χ0n) is 17.7. The first kappa shape index (κ1) is 23.8. The van der Waals surface area contributed by atoms with Gasteiger partial charge in [-0.15, -0.1) is 0 Å². The van der Waals surface area contributed by atoms with Crippen molar-refractivity contribution in [3.8, 4) is 0 Å². The molecule has 4 rings (SSSR count). The molecule has 3 heterocycles. The fraction of sp³-hybridized carbons (Fsp3) is 0.455. The van der Waals surface area contributed by atoms with E-state index in [4.69, 9.17) is 14.6 Å². The number of hydrogen-bond acceptors (Lipinski definition) is 4. The van der Waals surface area contributed by atoms with Crippen LogP contribution < -0.4 is 4.90 Å². The predicted molar refractivity (Wildman–Crippen MR) is 111 cm³/mol. The van der Waals surface area contributed by atoms with Gasteiger partial charge in [0.1, 0.15) is 6.61 Å². The molecule has 1 amide bonds. The first-order valence-corrected chi connectivity index (χ1v) is 10.2. The second-order valence-corrected chi connectivity index (χ2v) is 7.98. The van der Waals surface area contributed by atoms with Crippen molar-refractivity contribution in [3.05, 3.63) is 54.4 Å². The number of para-hydroxylation sites is 1. The van der Waals surface area contributed by atoms with Gasteiger partial charge >= 0.3 is 12.1 Å². The van der Waals surface area contributed by atoms with Gasteiger partial charge < -0.3 is 19.3 Å².